The number of methoxy groups -OCH3 is 1. The first-order valence-corrected chi connectivity index (χ1v) is 7.02. The van der Waals surface area contributed by atoms with Crippen molar-refractivity contribution < 1.29 is 9.13 Å². The van der Waals surface area contributed by atoms with E-state index in [1.165, 1.54) is 11.6 Å². The molecule has 5 heteroatoms. The van der Waals surface area contributed by atoms with Crippen LogP contribution in [0.2, 0.25) is 0 Å². The highest BCUT2D eigenvalue weighted by Gasteiger charge is 2.02. The molecule has 110 valence electrons. The molecule has 0 atom stereocenters. The molecule has 0 aliphatic rings. The summed E-state index contributed by atoms with van der Waals surface area (Å²) < 4.78 is 18.6. The molecule has 3 nitrogen and oxygen atoms in total. The van der Waals surface area contributed by atoms with Crippen LogP contribution in [0.4, 0.5) is 10.1 Å². The highest BCUT2D eigenvalue weighted by Crippen LogP contribution is 2.12. The van der Waals surface area contributed by atoms with Crippen LogP contribution in [0.15, 0.2) is 48.5 Å². The van der Waals surface area contributed by atoms with Crippen LogP contribution in [-0.4, -0.2) is 18.8 Å². The van der Waals surface area contributed by atoms with Crippen LogP contribution >= 0.6 is 12.2 Å². The monoisotopic (exact) mass is 304 g/mol. The van der Waals surface area contributed by atoms with Gasteiger partial charge >= 0.3 is 0 Å². The van der Waals surface area contributed by atoms with E-state index in [1.54, 1.807) is 25.3 Å². The standard InChI is InChI=1S/C16H17FN2OS/c1-20-13-8-6-12(7-9-13)10-11-18-16(21)19-15-5-3-2-4-14(15)17/h2-9H,10-11H2,1H3,(H2,18,19,21). The highest BCUT2D eigenvalue weighted by molar-refractivity contribution is 7.80. The Morgan fingerprint density at radius 2 is 1.86 bits per heavy atom. The molecule has 0 fully saturated rings. The summed E-state index contributed by atoms with van der Waals surface area (Å²) in [5, 5.41) is 6.31. The van der Waals surface area contributed by atoms with Crippen LogP contribution in [0.3, 0.4) is 0 Å². The fourth-order valence-electron chi connectivity index (χ4n) is 1.84. The lowest BCUT2D eigenvalue weighted by Crippen LogP contribution is -2.30. The number of anilines is 1. The zero-order chi connectivity index (χ0) is 15.1. The predicted molar refractivity (Wildman–Crippen MR) is 87.3 cm³/mol. The zero-order valence-electron chi connectivity index (χ0n) is 11.7. The normalized spacial score (nSPS) is 10.0. The number of nitrogens with one attached hydrogen (secondary N) is 2. The van der Waals surface area contributed by atoms with Crippen molar-refractivity contribution in [2.45, 2.75) is 6.42 Å². The molecule has 0 aromatic heterocycles. The van der Waals surface area contributed by atoms with Crippen molar-refractivity contribution in [3.8, 4) is 5.75 Å². The van der Waals surface area contributed by atoms with Crippen molar-refractivity contribution in [1.82, 2.24) is 5.32 Å². The van der Waals surface area contributed by atoms with Crippen LogP contribution in [0, 0.1) is 5.82 Å². The molecular formula is C16H17FN2OS. The van der Waals surface area contributed by atoms with Gasteiger partial charge in [-0.15, -0.1) is 0 Å². The number of hydrogen-bond donors (Lipinski definition) is 2. The Balaban J connectivity index is 1.77. The second kappa shape index (κ2) is 7.59. The summed E-state index contributed by atoms with van der Waals surface area (Å²) in [6.45, 7) is 0.673. The number of hydrogen-bond acceptors (Lipinski definition) is 2. The highest BCUT2D eigenvalue weighted by atomic mass is 32.1. The van der Waals surface area contributed by atoms with Gasteiger partial charge in [0.2, 0.25) is 0 Å². The van der Waals surface area contributed by atoms with E-state index in [4.69, 9.17) is 17.0 Å². The molecule has 0 unspecified atom stereocenters. The molecule has 2 rings (SSSR count). The van der Waals surface area contributed by atoms with Gasteiger partial charge in [-0.25, -0.2) is 4.39 Å². The lowest BCUT2D eigenvalue weighted by molar-refractivity contribution is 0.414. The van der Waals surface area contributed by atoms with Gasteiger partial charge in [-0.1, -0.05) is 24.3 Å². The maximum absolute atomic E-state index is 13.4. The maximum atomic E-state index is 13.4. The first-order valence-electron chi connectivity index (χ1n) is 6.61. The second-order valence-corrected chi connectivity index (χ2v) is 4.87. The Bertz CT molecular complexity index is 601. The molecule has 2 aromatic rings. The topological polar surface area (TPSA) is 33.3 Å². The molecule has 2 N–H and O–H groups in total. The van der Waals surface area contributed by atoms with Crippen molar-refractivity contribution in [2.75, 3.05) is 19.0 Å². The largest absolute Gasteiger partial charge is 0.497 e. The van der Waals surface area contributed by atoms with Crippen molar-refractivity contribution in [1.29, 1.82) is 0 Å². The molecule has 0 aliphatic carbocycles. The summed E-state index contributed by atoms with van der Waals surface area (Å²) in [5.41, 5.74) is 1.55. The molecule has 0 spiro atoms. The minimum Gasteiger partial charge on any atom is -0.497 e. The minimum atomic E-state index is -0.322. The van der Waals surface area contributed by atoms with Gasteiger partial charge in [0.15, 0.2) is 5.11 Å². The van der Waals surface area contributed by atoms with Crippen LogP contribution in [-0.2, 0) is 6.42 Å². The van der Waals surface area contributed by atoms with Gasteiger partial charge < -0.3 is 15.4 Å². The SMILES string of the molecule is COc1ccc(CCNC(=S)Nc2ccccc2F)cc1. The first-order chi connectivity index (χ1) is 10.2. The molecule has 0 bridgehead atoms. The maximum Gasteiger partial charge on any atom is 0.170 e. The molecular weight excluding hydrogens is 287 g/mol. The molecule has 0 heterocycles. The lowest BCUT2D eigenvalue weighted by atomic mass is 10.1. The molecule has 21 heavy (non-hydrogen) atoms. The molecule has 0 amide bonds. The van der Waals surface area contributed by atoms with E-state index in [9.17, 15) is 4.39 Å². The smallest absolute Gasteiger partial charge is 0.170 e. The van der Waals surface area contributed by atoms with E-state index < -0.39 is 0 Å². The number of ether oxygens (including phenoxy) is 1. The quantitative estimate of drug-likeness (QED) is 0.830. The molecule has 0 saturated carbocycles. The summed E-state index contributed by atoms with van der Waals surface area (Å²) in [7, 11) is 1.64. The van der Waals surface area contributed by atoms with Gasteiger partial charge in [0.1, 0.15) is 11.6 Å². The van der Waals surface area contributed by atoms with Gasteiger partial charge in [0, 0.05) is 6.54 Å². The molecule has 0 aliphatic heterocycles. The lowest BCUT2D eigenvalue weighted by Gasteiger charge is -2.11. The van der Waals surface area contributed by atoms with E-state index in [0.29, 0.717) is 17.3 Å². The Labute approximate surface area is 129 Å². The second-order valence-electron chi connectivity index (χ2n) is 4.46. The third-order valence-corrected chi connectivity index (χ3v) is 3.23. The van der Waals surface area contributed by atoms with Crippen LogP contribution in [0.25, 0.3) is 0 Å². The number of para-hydroxylation sites is 1. The summed E-state index contributed by atoms with van der Waals surface area (Å²) in [5.74, 6) is 0.514. The van der Waals surface area contributed by atoms with Crippen molar-refractivity contribution in [3.05, 3.63) is 59.9 Å². The number of thiocarbonyl (C=S) groups is 1. The number of halogens is 1. The van der Waals surface area contributed by atoms with E-state index in [2.05, 4.69) is 10.6 Å². The van der Waals surface area contributed by atoms with Crippen molar-refractivity contribution in [3.63, 3.8) is 0 Å². The number of rotatable bonds is 5. The van der Waals surface area contributed by atoms with E-state index in [-0.39, 0.29) is 5.82 Å². The zero-order valence-corrected chi connectivity index (χ0v) is 12.5. The van der Waals surface area contributed by atoms with E-state index in [1.807, 2.05) is 24.3 Å². The Hall–Kier alpha value is -2.14. The van der Waals surface area contributed by atoms with Crippen LogP contribution in [0.1, 0.15) is 5.56 Å². The van der Waals surface area contributed by atoms with Crippen molar-refractivity contribution >= 4 is 23.0 Å². The van der Waals surface area contributed by atoms with Gasteiger partial charge in [-0.2, -0.15) is 0 Å². The third-order valence-electron chi connectivity index (χ3n) is 2.98. The fourth-order valence-corrected chi connectivity index (χ4v) is 2.05. The average molecular weight is 304 g/mol. The van der Waals surface area contributed by atoms with E-state index in [0.717, 1.165) is 12.2 Å². The van der Waals surface area contributed by atoms with Crippen LogP contribution < -0.4 is 15.4 Å². The Morgan fingerprint density at radius 3 is 2.52 bits per heavy atom. The Kier molecular flexibility index (Phi) is 5.51. The predicted octanol–water partition coefficient (Wildman–Crippen LogP) is 3.36. The Morgan fingerprint density at radius 1 is 1.14 bits per heavy atom. The number of benzene rings is 2. The molecule has 0 radical (unpaired) electrons. The third kappa shape index (κ3) is 4.72. The molecule has 0 saturated heterocycles. The summed E-state index contributed by atoms with van der Waals surface area (Å²) >= 11 is 5.14. The van der Waals surface area contributed by atoms with Crippen molar-refractivity contribution in [2.24, 2.45) is 0 Å². The fraction of sp³-hybridized carbons (Fsp3) is 0.188. The first kappa shape index (κ1) is 15.3. The summed E-state index contributed by atoms with van der Waals surface area (Å²) in [6.07, 6.45) is 0.823. The van der Waals surface area contributed by atoms with E-state index >= 15 is 0 Å². The summed E-state index contributed by atoms with van der Waals surface area (Å²) in [6, 6.07) is 14.3. The van der Waals surface area contributed by atoms with Gasteiger partial charge in [-0.3, -0.25) is 0 Å². The average Bonchev–Trinajstić information content (AvgIpc) is 2.50. The summed E-state index contributed by atoms with van der Waals surface area (Å²) in [4.78, 5) is 0. The van der Waals surface area contributed by atoms with Gasteiger partial charge in [0.05, 0.1) is 12.8 Å². The minimum absolute atomic E-state index is 0.322. The molecule has 2 aromatic carbocycles. The van der Waals surface area contributed by atoms with Gasteiger partial charge in [-0.05, 0) is 48.5 Å². The van der Waals surface area contributed by atoms with Crippen LogP contribution in [0.5, 0.6) is 5.75 Å². The van der Waals surface area contributed by atoms with Gasteiger partial charge in [0.25, 0.3) is 0 Å².